The third kappa shape index (κ3) is 7.74. The number of benzene rings is 1. The van der Waals surface area contributed by atoms with Crippen molar-refractivity contribution in [2.45, 2.75) is 51.5 Å². The predicted octanol–water partition coefficient (Wildman–Crippen LogP) is 2.18. The number of likely N-dealkylation sites (tertiary alicyclic amines) is 1. The van der Waals surface area contributed by atoms with Crippen molar-refractivity contribution in [2.24, 2.45) is 5.92 Å². The third-order valence-electron chi connectivity index (χ3n) is 5.09. The van der Waals surface area contributed by atoms with Crippen molar-refractivity contribution in [3.05, 3.63) is 59.1 Å². The smallest absolute Gasteiger partial charge is 0.447 e. The SMILES string of the molecule is [C-]#[N+]C(=CC(C)C)C(=O)N1CCCC[C@@H]1COC(=O)N[C@@H](Cc1ccccc1)B(O)O. The minimum absolute atomic E-state index is 0.0237. The van der Waals surface area contributed by atoms with E-state index in [0.29, 0.717) is 13.0 Å². The number of ether oxygens (including phenoxy) is 1. The number of nitrogens with zero attached hydrogens (tertiary/aromatic N) is 2. The van der Waals surface area contributed by atoms with Crippen molar-refractivity contribution in [1.29, 1.82) is 0 Å². The molecule has 1 aromatic carbocycles. The Bertz CT molecular complexity index is 807. The van der Waals surface area contributed by atoms with E-state index in [1.54, 1.807) is 11.0 Å². The average Bonchev–Trinajstić information content (AvgIpc) is 2.75. The molecule has 31 heavy (non-hydrogen) atoms. The van der Waals surface area contributed by atoms with Gasteiger partial charge in [0.15, 0.2) is 0 Å². The van der Waals surface area contributed by atoms with Crippen LogP contribution < -0.4 is 5.32 Å². The topological polar surface area (TPSA) is 103 Å². The van der Waals surface area contributed by atoms with Crippen LogP contribution in [0, 0.1) is 12.5 Å². The first-order valence-corrected chi connectivity index (χ1v) is 10.6. The van der Waals surface area contributed by atoms with Crippen LogP contribution >= 0.6 is 0 Å². The highest BCUT2D eigenvalue weighted by Crippen LogP contribution is 2.21. The molecule has 0 radical (unpaired) electrons. The van der Waals surface area contributed by atoms with Crippen LogP contribution in [0.25, 0.3) is 4.85 Å². The van der Waals surface area contributed by atoms with E-state index in [2.05, 4.69) is 10.2 Å². The summed E-state index contributed by atoms with van der Waals surface area (Å²) in [4.78, 5) is 30.1. The van der Waals surface area contributed by atoms with Gasteiger partial charge in [-0.15, -0.1) is 0 Å². The van der Waals surface area contributed by atoms with Gasteiger partial charge in [-0.3, -0.25) is 4.79 Å². The lowest BCUT2D eigenvalue weighted by atomic mass is 9.76. The second kappa shape index (κ2) is 12.1. The highest BCUT2D eigenvalue weighted by molar-refractivity contribution is 6.43. The number of allylic oxidation sites excluding steroid dienone is 1. The number of amides is 2. The number of piperidine rings is 1. The standard InChI is InChI=1S/C22H30BN3O5/c1-16(2)13-19(24-3)21(27)26-12-8-7-11-18(26)15-31-22(28)25-20(23(29)30)14-17-9-5-4-6-10-17/h4-6,9-10,13,16,18,20,29-30H,7-8,11-12,14-15H2,1-2H3,(H,25,28)/t18-,20+/m1/s1. The summed E-state index contributed by atoms with van der Waals surface area (Å²) in [7, 11) is -1.75. The molecule has 2 amide bonds. The Kier molecular flexibility index (Phi) is 9.57. The molecule has 8 nitrogen and oxygen atoms in total. The van der Waals surface area contributed by atoms with E-state index in [9.17, 15) is 19.6 Å². The molecule has 0 aromatic heterocycles. The van der Waals surface area contributed by atoms with Gasteiger partial charge in [0.05, 0.1) is 18.6 Å². The number of hydrogen-bond acceptors (Lipinski definition) is 5. The van der Waals surface area contributed by atoms with Crippen LogP contribution in [0.3, 0.4) is 0 Å². The van der Waals surface area contributed by atoms with Crippen LogP contribution in [0.2, 0.25) is 0 Å². The summed E-state index contributed by atoms with van der Waals surface area (Å²) in [5, 5.41) is 21.7. The third-order valence-corrected chi connectivity index (χ3v) is 5.09. The van der Waals surface area contributed by atoms with Crippen molar-refractivity contribution < 1.29 is 24.4 Å². The van der Waals surface area contributed by atoms with E-state index in [0.717, 1.165) is 18.4 Å². The second-order valence-electron chi connectivity index (χ2n) is 8.01. The minimum Gasteiger partial charge on any atom is -0.447 e. The summed E-state index contributed by atoms with van der Waals surface area (Å²) in [6.45, 7) is 11.6. The predicted molar refractivity (Wildman–Crippen MR) is 117 cm³/mol. The van der Waals surface area contributed by atoms with Crippen LogP contribution in [-0.2, 0) is 16.0 Å². The quantitative estimate of drug-likeness (QED) is 0.335. The lowest BCUT2D eigenvalue weighted by molar-refractivity contribution is -0.131. The maximum Gasteiger partial charge on any atom is 0.475 e. The van der Waals surface area contributed by atoms with Gasteiger partial charge in [0.2, 0.25) is 5.70 Å². The Labute approximate surface area is 183 Å². The van der Waals surface area contributed by atoms with Gasteiger partial charge in [-0.2, -0.15) is 0 Å². The number of rotatable bonds is 8. The monoisotopic (exact) mass is 427 g/mol. The van der Waals surface area contributed by atoms with Crippen molar-refractivity contribution >= 4 is 19.1 Å². The summed E-state index contributed by atoms with van der Waals surface area (Å²) in [5.41, 5.74) is 0.922. The summed E-state index contributed by atoms with van der Waals surface area (Å²) in [6, 6.07) is 8.84. The van der Waals surface area contributed by atoms with Crippen molar-refractivity contribution in [2.75, 3.05) is 13.2 Å². The largest absolute Gasteiger partial charge is 0.475 e. The summed E-state index contributed by atoms with van der Waals surface area (Å²) in [5.74, 6) is -1.20. The van der Waals surface area contributed by atoms with E-state index in [-0.39, 0.29) is 36.6 Å². The van der Waals surface area contributed by atoms with Gasteiger partial charge in [0.25, 0.3) is 5.91 Å². The first kappa shape index (κ1) is 24.4. The number of nitrogens with one attached hydrogen (secondary N) is 1. The number of carbonyl (C=O) groups is 2. The molecular formula is C22H30BN3O5. The van der Waals surface area contributed by atoms with E-state index < -0.39 is 19.2 Å². The van der Waals surface area contributed by atoms with Crippen LogP contribution in [0.5, 0.6) is 0 Å². The molecule has 0 aliphatic carbocycles. The first-order chi connectivity index (χ1) is 14.8. The molecule has 1 aliphatic heterocycles. The van der Waals surface area contributed by atoms with Crippen molar-refractivity contribution in [1.82, 2.24) is 10.2 Å². The van der Waals surface area contributed by atoms with Crippen molar-refractivity contribution in [3.8, 4) is 0 Å². The Morgan fingerprint density at radius 1 is 1.32 bits per heavy atom. The zero-order chi connectivity index (χ0) is 22.8. The molecule has 2 atom stereocenters. The molecule has 1 saturated heterocycles. The van der Waals surface area contributed by atoms with Gasteiger partial charge in [0.1, 0.15) is 6.61 Å². The fourth-order valence-corrected chi connectivity index (χ4v) is 3.52. The van der Waals surface area contributed by atoms with Gasteiger partial charge in [-0.25, -0.2) is 9.64 Å². The summed E-state index contributed by atoms with van der Waals surface area (Å²) < 4.78 is 5.31. The van der Waals surface area contributed by atoms with E-state index in [1.165, 1.54) is 0 Å². The Morgan fingerprint density at radius 3 is 2.65 bits per heavy atom. The van der Waals surface area contributed by atoms with Crippen LogP contribution in [-0.4, -0.2) is 59.2 Å². The van der Waals surface area contributed by atoms with E-state index >= 15 is 0 Å². The molecule has 0 spiro atoms. The van der Waals surface area contributed by atoms with Gasteiger partial charge in [0, 0.05) is 6.54 Å². The van der Waals surface area contributed by atoms with Crippen LogP contribution in [0.4, 0.5) is 4.79 Å². The molecule has 166 valence electrons. The van der Waals surface area contributed by atoms with E-state index in [1.807, 2.05) is 44.2 Å². The Balaban J connectivity index is 1.96. The molecule has 2 rings (SSSR count). The Hall–Kier alpha value is -2.83. The fourth-order valence-electron chi connectivity index (χ4n) is 3.52. The summed E-state index contributed by atoms with van der Waals surface area (Å²) in [6.07, 6.45) is 3.49. The Morgan fingerprint density at radius 2 is 2.03 bits per heavy atom. The fraction of sp³-hybridized carbons (Fsp3) is 0.500. The molecule has 0 unspecified atom stereocenters. The molecule has 9 heteroatoms. The molecule has 1 aliphatic rings. The zero-order valence-corrected chi connectivity index (χ0v) is 18.0. The highest BCUT2D eigenvalue weighted by atomic mass is 16.5. The molecule has 1 heterocycles. The first-order valence-electron chi connectivity index (χ1n) is 10.6. The number of alkyl carbamates (subject to hydrolysis) is 1. The van der Waals surface area contributed by atoms with Crippen LogP contribution in [0.15, 0.2) is 42.1 Å². The highest BCUT2D eigenvalue weighted by Gasteiger charge is 2.31. The van der Waals surface area contributed by atoms with E-state index in [4.69, 9.17) is 11.3 Å². The number of hydrogen-bond donors (Lipinski definition) is 3. The maximum atomic E-state index is 12.8. The molecule has 1 aromatic rings. The molecule has 1 fully saturated rings. The molecule has 0 bridgehead atoms. The molecule has 0 saturated carbocycles. The van der Waals surface area contributed by atoms with Crippen molar-refractivity contribution in [3.63, 3.8) is 0 Å². The van der Waals surface area contributed by atoms with Crippen LogP contribution in [0.1, 0.15) is 38.7 Å². The average molecular weight is 427 g/mol. The van der Waals surface area contributed by atoms with Gasteiger partial charge >= 0.3 is 13.2 Å². The minimum atomic E-state index is -1.75. The normalized spacial score (nSPS) is 17.6. The maximum absolute atomic E-state index is 12.8. The van der Waals surface area contributed by atoms with Gasteiger partial charge in [-0.1, -0.05) is 50.3 Å². The molecular weight excluding hydrogens is 397 g/mol. The number of carbonyl (C=O) groups excluding carboxylic acids is 2. The second-order valence-corrected chi connectivity index (χ2v) is 8.01. The molecule has 3 N–H and O–H groups in total. The van der Waals surface area contributed by atoms with Gasteiger partial charge in [-0.05, 0) is 37.2 Å². The zero-order valence-electron chi connectivity index (χ0n) is 18.0. The summed E-state index contributed by atoms with van der Waals surface area (Å²) >= 11 is 0. The lowest BCUT2D eigenvalue weighted by Crippen LogP contribution is -2.50. The van der Waals surface area contributed by atoms with Gasteiger partial charge < -0.3 is 25.0 Å². The lowest BCUT2D eigenvalue weighted by Gasteiger charge is -2.35.